The van der Waals surface area contributed by atoms with Crippen molar-refractivity contribution in [1.29, 1.82) is 0 Å². The van der Waals surface area contributed by atoms with Gasteiger partial charge in [-0.1, -0.05) is 13.0 Å². The van der Waals surface area contributed by atoms with Gasteiger partial charge in [0.25, 0.3) is 0 Å². The van der Waals surface area contributed by atoms with Crippen LogP contribution < -0.4 is 4.74 Å². The van der Waals surface area contributed by atoms with Crippen molar-refractivity contribution in [2.45, 2.75) is 26.4 Å². The van der Waals surface area contributed by atoms with Crippen molar-refractivity contribution >= 4 is 27.2 Å². The largest absolute Gasteiger partial charge is 0.508 e. The number of rotatable bonds is 7. The van der Waals surface area contributed by atoms with Gasteiger partial charge in [-0.3, -0.25) is 9.69 Å². The number of hydrogen-bond acceptors (Lipinski definition) is 5. The number of ether oxygens (including phenoxy) is 1. The first kappa shape index (κ1) is 22.6. The van der Waals surface area contributed by atoms with Gasteiger partial charge in [-0.05, 0) is 85.6 Å². The first-order valence-corrected chi connectivity index (χ1v) is 12.3. The Morgan fingerprint density at radius 2 is 1.88 bits per heavy atom. The molecule has 4 aromatic rings. The Kier molecular flexibility index (Phi) is 6.11. The second-order valence-electron chi connectivity index (χ2n) is 8.80. The van der Waals surface area contributed by atoms with Gasteiger partial charge in [-0.25, -0.2) is 4.39 Å². The molecule has 174 valence electrons. The summed E-state index contributed by atoms with van der Waals surface area (Å²) in [5.74, 6) is 0.505. The molecule has 0 saturated carbocycles. The van der Waals surface area contributed by atoms with Crippen LogP contribution >= 0.6 is 11.3 Å². The Labute approximate surface area is 202 Å². The van der Waals surface area contributed by atoms with Crippen LogP contribution in [-0.4, -0.2) is 41.5 Å². The summed E-state index contributed by atoms with van der Waals surface area (Å²) in [5.41, 5.74) is 2.42. The van der Waals surface area contributed by atoms with Crippen molar-refractivity contribution in [3.63, 3.8) is 0 Å². The van der Waals surface area contributed by atoms with Gasteiger partial charge in [0.2, 0.25) is 0 Å². The summed E-state index contributed by atoms with van der Waals surface area (Å²) in [4.78, 5) is 16.8. The van der Waals surface area contributed by atoms with E-state index in [0.717, 1.165) is 52.3 Å². The number of halogens is 1. The van der Waals surface area contributed by atoms with Gasteiger partial charge in [0, 0.05) is 39.2 Å². The minimum Gasteiger partial charge on any atom is -0.508 e. The minimum atomic E-state index is -0.282. The summed E-state index contributed by atoms with van der Waals surface area (Å²) in [5, 5.41) is 10.7. The Bertz CT molecular complexity index is 1360. The number of ketones is 1. The molecule has 0 amide bonds. The number of fused-ring (bicyclic) bond motifs is 1. The van der Waals surface area contributed by atoms with Crippen molar-refractivity contribution in [2.24, 2.45) is 0 Å². The summed E-state index contributed by atoms with van der Waals surface area (Å²) >= 11 is 1.42. The van der Waals surface area contributed by atoms with Crippen molar-refractivity contribution in [1.82, 2.24) is 4.90 Å². The summed E-state index contributed by atoms with van der Waals surface area (Å²) in [7, 11) is 0. The molecule has 0 radical (unpaired) electrons. The second kappa shape index (κ2) is 9.20. The number of phenols is 1. The standard InChI is InChI=1S/C28H26FNO3S/c1-3-12-30-15-22(16-30)33-21-8-4-18(5-9-21)27(32)26-23-10-7-20(31)14-25(23)34-28(26)19-6-11-24(29)17(2)13-19/h4-11,13-14,22,31H,3,12,15-16H2,1-2H3. The lowest BCUT2D eigenvalue weighted by Gasteiger charge is -2.38. The minimum absolute atomic E-state index is 0.113. The van der Waals surface area contributed by atoms with Crippen molar-refractivity contribution in [3.05, 3.63) is 83.2 Å². The van der Waals surface area contributed by atoms with E-state index in [-0.39, 0.29) is 23.5 Å². The molecule has 34 heavy (non-hydrogen) atoms. The number of aromatic hydroxyl groups is 1. The van der Waals surface area contributed by atoms with Gasteiger partial charge in [-0.2, -0.15) is 0 Å². The third-order valence-corrected chi connectivity index (χ3v) is 7.41. The number of hydrogen-bond donors (Lipinski definition) is 1. The molecular formula is C28H26FNO3S. The van der Waals surface area contributed by atoms with Gasteiger partial charge in [-0.15, -0.1) is 11.3 Å². The Hall–Kier alpha value is -3.22. The third-order valence-electron chi connectivity index (χ3n) is 6.20. The number of benzene rings is 3. The lowest BCUT2D eigenvalue weighted by Crippen LogP contribution is -2.53. The molecule has 1 fully saturated rings. The van der Waals surface area contributed by atoms with E-state index in [1.54, 1.807) is 49.4 Å². The van der Waals surface area contributed by atoms with E-state index in [2.05, 4.69) is 11.8 Å². The Balaban J connectivity index is 1.46. The first-order valence-electron chi connectivity index (χ1n) is 11.5. The molecule has 1 aromatic heterocycles. The van der Waals surface area contributed by atoms with Crippen LogP contribution in [0.4, 0.5) is 4.39 Å². The van der Waals surface area contributed by atoms with Gasteiger partial charge in [0.15, 0.2) is 5.78 Å². The molecule has 1 aliphatic rings. The van der Waals surface area contributed by atoms with Crippen LogP contribution in [0.15, 0.2) is 60.7 Å². The zero-order chi connectivity index (χ0) is 23.8. The van der Waals surface area contributed by atoms with E-state index < -0.39 is 0 Å². The third kappa shape index (κ3) is 4.31. The van der Waals surface area contributed by atoms with Crippen LogP contribution in [-0.2, 0) is 0 Å². The SMILES string of the molecule is CCCN1CC(Oc2ccc(C(=O)c3c(-c4ccc(F)c(C)c4)sc4cc(O)ccc34)cc2)C1. The maximum absolute atomic E-state index is 13.9. The smallest absolute Gasteiger partial charge is 0.195 e. The first-order chi connectivity index (χ1) is 16.4. The highest BCUT2D eigenvalue weighted by atomic mass is 32.1. The molecular weight excluding hydrogens is 449 g/mol. The van der Waals surface area contributed by atoms with Crippen LogP contribution in [0.1, 0.15) is 34.8 Å². The molecule has 0 unspecified atom stereocenters. The average molecular weight is 476 g/mol. The Morgan fingerprint density at radius 3 is 2.59 bits per heavy atom. The molecule has 2 heterocycles. The lowest BCUT2D eigenvalue weighted by molar-refractivity contribution is 0.0202. The molecule has 0 atom stereocenters. The molecule has 3 aromatic carbocycles. The van der Waals surface area contributed by atoms with E-state index >= 15 is 0 Å². The van der Waals surface area contributed by atoms with Crippen LogP contribution in [0.3, 0.4) is 0 Å². The number of nitrogens with zero attached hydrogens (tertiary/aromatic N) is 1. The van der Waals surface area contributed by atoms with Crippen molar-refractivity contribution in [2.75, 3.05) is 19.6 Å². The fraction of sp³-hybridized carbons (Fsp3) is 0.250. The summed E-state index contributed by atoms with van der Waals surface area (Å²) in [6.45, 7) is 6.84. The van der Waals surface area contributed by atoms with Crippen molar-refractivity contribution in [3.8, 4) is 21.9 Å². The average Bonchev–Trinajstić information content (AvgIpc) is 3.18. The normalized spacial score (nSPS) is 14.3. The van der Waals surface area contributed by atoms with E-state index in [1.807, 2.05) is 12.1 Å². The number of thiophene rings is 1. The summed E-state index contributed by atoms with van der Waals surface area (Å²) in [6.07, 6.45) is 1.33. The van der Waals surface area contributed by atoms with E-state index in [0.29, 0.717) is 16.7 Å². The van der Waals surface area contributed by atoms with Gasteiger partial charge >= 0.3 is 0 Å². The molecule has 1 aliphatic heterocycles. The van der Waals surface area contributed by atoms with Crippen LogP contribution in [0.25, 0.3) is 20.5 Å². The molecule has 1 saturated heterocycles. The van der Waals surface area contributed by atoms with Crippen molar-refractivity contribution < 1.29 is 19.0 Å². The summed E-state index contributed by atoms with van der Waals surface area (Å²) < 4.78 is 20.7. The van der Waals surface area contributed by atoms with Gasteiger partial charge in [0.05, 0.1) is 0 Å². The number of carbonyl (C=O) groups is 1. The number of likely N-dealkylation sites (tertiary alicyclic amines) is 1. The van der Waals surface area contributed by atoms with E-state index in [4.69, 9.17) is 4.74 Å². The number of aryl methyl sites for hydroxylation is 1. The van der Waals surface area contributed by atoms with Gasteiger partial charge in [0.1, 0.15) is 23.4 Å². The highest BCUT2D eigenvalue weighted by molar-refractivity contribution is 7.22. The Morgan fingerprint density at radius 1 is 1.12 bits per heavy atom. The van der Waals surface area contributed by atoms with E-state index in [9.17, 15) is 14.3 Å². The monoisotopic (exact) mass is 475 g/mol. The molecule has 0 aliphatic carbocycles. The molecule has 0 spiro atoms. The maximum Gasteiger partial charge on any atom is 0.195 e. The van der Waals surface area contributed by atoms with Crippen LogP contribution in [0.2, 0.25) is 0 Å². The predicted octanol–water partition coefficient (Wildman–Crippen LogP) is 6.43. The molecule has 4 nitrogen and oxygen atoms in total. The zero-order valence-corrected chi connectivity index (χ0v) is 20.0. The highest BCUT2D eigenvalue weighted by Gasteiger charge is 2.27. The highest BCUT2D eigenvalue weighted by Crippen LogP contribution is 2.41. The second-order valence-corrected chi connectivity index (χ2v) is 9.86. The van der Waals surface area contributed by atoms with Crippen LogP contribution in [0, 0.1) is 12.7 Å². The number of carbonyl (C=O) groups excluding carboxylic acids is 1. The summed E-state index contributed by atoms with van der Waals surface area (Å²) in [6, 6.07) is 17.2. The molecule has 6 heteroatoms. The number of phenolic OH excluding ortho intramolecular Hbond substituents is 1. The topological polar surface area (TPSA) is 49.8 Å². The quantitative estimate of drug-likeness (QED) is 0.313. The molecule has 0 bridgehead atoms. The maximum atomic E-state index is 13.9. The molecule has 1 N–H and O–H groups in total. The lowest BCUT2D eigenvalue weighted by atomic mass is 9.97. The molecule has 5 rings (SSSR count). The fourth-order valence-corrected chi connectivity index (χ4v) is 5.65. The zero-order valence-electron chi connectivity index (χ0n) is 19.2. The van der Waals surface area contributed by atoms with Gasteiger partial charge < -0.3 is 9.84 Å². The predicted molar refractivity (Wildman–Crippen MR) is 135 cm³/mol. The van der Waals surface area contributed by atoms with E-state index in [1.165, 1.54) is 17.4 Å². The van der Waals surface area contributed by atoms with Crippen LogP contribution in [0.5, 0.6) is 11.5 Å². The fourth-order valence-electron chi connectivity index (χ4n) is 4.42.